The van der Waals surface area contributed by atoms with Crippen molar-refractivity contribution in [3.05, 3.63) is 0 Å². The number of nitrogens with zero attached hydrogens (tertiary/aromatic N) is 1. The SMILES string of the molecule is CC(O)CCN(C)C(=O)C(F)F. The lowest BCUT2D eigenvalue weighted by Gasteiger charge is -2.16. The number of aliphatic hydroxyl groups excluding tert-OH is 1. The highest BCUT2D eigenvalue weighted by Gasteiger charge is 2.19. The van der Waals surface area contributed by atoms with Gasteiger partial charge in [-0.05, 0) is 13.3 Å². The predicted octanol–water partition coefficient (Wildman–Crippen LogP) is 0.481. The van der Waals surface area contributed by atoms with Gasteiger partial charge in [-0.25, -0.2) is 0 Å². The zero-order valence-corrected chi connectivity index (χ0v) is 7.13. The van der Waals surface area contributed by atoms with Crippen molar-refractivity contribution in [1.82, 2.24) is 4.90 Å². The Kier molecular flexibility index (Phi) is 4.73. The number of hydrogen-bond acceptors (Lipinski definition) is 2. The number of hydrogen-bond donors (Lipinski definition) is 1. The third-order valence-corrected chi connectivity index (χ3v) is 1.45. The minimum absolute atomic E-state index is 0.154. The first-order valence-electron chi connectivity index (χ1n) is 3.66. The molecule has 0 aromatic carbocycles. The highest BCUT2D eigenvalue weighted by Crippen LogP contribution is 2.00. The molecular weight excluding hydrogens is 168 g/mol. The van der Waals surface area contributed by atoms with Crippen LogP contribution in [0.1, 0.15) is 13.3 Å². The van der Waals surface area contributed by atoms with Gasteiger partial charge in [0, 0.05) is 13.6 Å². The number of alkyl halides is 2. The van der Waals surface area contributed by atoms with Crippen molar-refractivity contribution in [2.24, 2.45) is 0 Å². The zero-order chi connectivity index (χ0) is 9.72. The van der Waals surface area contributed by atoms with Crippen molar-refractivity contribution in [2.75, 3.05) is 13.6 Å². The molecule has 0 aromatic heterocycles. The molecule has 5 heteroatoms. The van der Waals surface area contributed by atoms with Crippen molar-refractivity contribution in [1.29, 1.82) is 0 Å². The van der Waals surface area contributed by atoms with Gasteiger partial charge in [-0.15, -0.1) is 0 Å². The molecule has 1 atom stereocenters. The van der Waals surface area contributed by atoms with Crippen LogP contribution in [-0.2, 0) is 4.79 Å². The second-order valence-electron chi connectivity index (χ2n) is 2.70. The third-order valence-electron chi connectivity index (χ3n) is 1.45. The van der Waals surface area contributed by atoms with Gasteiger partial charge in [0.25, 0.3) is 5.91 Å². The van der Waals surface area contributed by atoms with Crippen molar-refractivity contribution < 1.29 is 18.7 Å². The van der Waals surface area contributed by atoms with E-state index < -0.39 is 18.4 Å². The van der Waals surface area contributed by atoms with Crippen molar-refractivity contribution in [2.45, 2.75) is 25.9 Å². The van der Waals surface area contributed by atoms with E-state index >= 15 is 0 Å². The molecule has 1 unspecified atom stereocenters. The number of carbonyl (C=O) groups excluding carboxylic acids is 1. The number of rotatable bonds is 4. The van der Waals surface area contributed by atoms with Gasteiger partial charge in [-0.1, -0.05) is 0 Å². The molecule has 72 valence electrons. The fraction of sp³-hybridized carbons (Fsp3) is 0.857. The van der Waals surface area contributed by atoms with Crippen molar-refractivity contribution in [3.8, 4) is 0 Å². The van der Waals surface area contributed by atoms with Crippen LogP contribution in [0.15, 0.2) is 0 Å². The molecule has 1 amide bonds. The molecule has 0 radical (unpaired) electrons. The van der Waals surface area contributed by atoms with E-state index in [-0.39, 0.29) is 6.54 Å². The molecule has 0 saturated carbocycles. The quantitative estimate of drug-likeness (QED) is 0.685. The smallest absolute Gasteiger partial charge is 0.315 e. The minimum atomic E-state index is -2.95. The molecule has 0 heterocycles. The van der Waals surface area contributed by atoms with Crippen LogP contribution in [0.4, 0.5) is 8.78 Å². The lowest BCUT2D eigenvalue weighted by molar-refractivity contribution is -0.141. The lowest BCUT2D eigenvalue weighted by atomic mass is 10.3. The second kappa shape index (κ2) is 5.03. The molecule has 0 aliphatic heterocycles. The van der Waals surface area contributed by atoms with E-state index in [9.17, 15) is 13.6 Å². The Morgan fingerprint density at radius 1 is 1.58 bits per heavy atom. The summed E-state index contributed by atoms with van der Waals surface area (Å²) in [5.74, 6) is -1.20. The van der Waals surface area contributed by atoms with E-state index in [0.29, 0.717) is 6.42 Å². The van der Waals surface area contributed by atoms with Crippen LogP contribution in [0, 0.1) is 0 Å². The fourth-order valence-corrected chi connectivity index (χ4v) is 0.657. The standard InChI is InChI=1S/C7H13F2NO2/c1-5(11)3-4-10(2)7(12)6(8)9/h5-6,11H,3-4H2,1-2H3. The first-order valence-corrected chi connectivity index (χ1v) is 3.66. The molecule has 0 spiro atoms. The first-order chi connectivity index (χ1) is 5.45. The maximum absolute atomic E-state index is 11.7. The molecule has 1 N–H and O–H groups in total. The lowest BCUT2D eigenvalue weighted by Crippen LogP contribution is -2.33. The van der Waals surface area contributed by atoms with Gasteiger partial charge in [0.2, 0.25) is 0 Å². The topological polar surface area (TPSA) is 40.5 Å². The van der Waals surface area contributed by atoms with E-state index in [2.05, 4.69) is 0 Å². The maximum atomic E-state index is 11.7. The van der Waals surface area contributed by atoms with Gasteiger partial charge in [0.1, 0.15) is 0 Å². The van der Waals surface area contributed by atoms with Gasteiger partial charge in [-0.2, -0.15) is 8.78 Å². The van der Waals surface area contributed by atoms with E-state index in [1.807, 2.05) is 0 Å². The summed E-state index contributed by atoms with van der Waals surface area (Å²) in [4.78, 5) is 11.5. The third kappa shape index (κ3) is 4.23. The van der Waals surface area contributed by atoms with Crippen LogP contribution in [0.2, 0.25) is 0 Å². The van der Waals surface area contributed by atoms with Gasteiger partial charge in [-0.3, -0.25) is 4.79 Å². The largest absolute Gasteiger partial charge is 0.393 e. The van der Waals surface area contributed by atoms with Crippen LogP contribution in [0.5, 0.6) is 0 Å². The van der Waals surface area contributed by atoms with Gasteiger partial charge >= 0.3 is 6.43 Å². The fourth-order valence-electron chi connectivity index (χ4n) is 0.657. The summed E-state index contributed by atoms with van der Waals surface area (Å²) >= 11 is 0. The number of carbonyl (C=O) groups is 1. The van der Waals surface area contributed by atoms with E-state index in [1.165, 1.54) is 7.05 Å². The average molecular weight is 181 g/mol. The Labute approximate surface area is 70.0 Å². The van der Waals surface area contributed by atoms with E-state index in [1.54, 1.807) is 6.92 Å². The Bertz CT molecular complexity index is 150. The van der Waals surface area contributed by atoms with Crippen LogP contribution in [-0.4, -0.2) is 42.0 Å². The number of aliphatic hydroxyl groups is 1. The summed E-state index contributed by atoms with van der Waals surface area (Å²) in [5.41, 5.74) is 0. The molecule has 12 heavy (non-hydrogen) atoms. The number of amides is 1. The summed E-state index contributed by atoms with van der Waals surface area (Å²) in [6, 6.07) is 0. The molecule has 0 aliphatic carbocycles. The molecule has 0 aromatic rings. The summed E-state index contributed by atoms with van der Waals surface area (Å²) in [6.07, 6.45) is -3.21. The molecule has 0 fully saturated rings. The Morgan fingerprint density at radius 2 is 2.08 bits per heavy atom. The van der Waals surface area contributed by atoms with Crippen LogP contribution < -0.4 is 0 Å². The first kappa shape index (κ1) is 11.3. The predicted molar refractivity (Wildman–Crippen MR) is 39.9 cm³/mol. The Morgan fingerprint density at radius 3 is 2.42 bits per heavy atom. The summed E-state index contributed by atoms with van der Waals surface area (Å²) in [7, 11) is 1.29. The summed E-state index contributed by atoms with van der Waals surface area (Å²) in [6.45, 7) is 1.70. The Balaban J connectivity index is 3.72. The minimum Gasteiger partial charge on any atom is -0.393 e. The second-order valence-corrected chi connectivity index (χ2v) is 2.70. The van der Waals surface area contributed by atoms with Crippen LogP contribution in [0.25, 0.3) is 0 Å². The van der Waals surface area contributed by atoms with Crippen LogP contribution >= 0.6 is 0 Å². The number of halogens is 2. The van der Waals surface area contributed by atoms with E-state index in [4.69, 9.17) is 5.11 Å². The summed E-state index contributed by atoms with van der Waals surface area (Å²) in [5, 5.41) is 8.80. The van der Waals surface area contributed by atoms with E-state index in [0.717, 1.165) is 4.90 Å². The van der Waals surface area contributed by atoms with Gasteiger partial charge in [0.05, 0.1) is 6.10 Å². The van der Waals surface area contributed by atoms with Gasteiger partial charge in [0.15, 0.2) is 0 Å². The molecule has 3 nitrogen and oxygen atoms in total. The monoisotopic (exact) mass is 181 g/mol. The molecular formula is C7H13F2NO2. The van der Waals surface area contributed by atoms with Crippen molar-refractivity contribution in [3.63, 3.8) is 0 Å². The Hall–Kier alpha value is -0.710. The molecule has 0 saturated heterocycles. The summed E-state index contributed by atoms with van der Waals surface area (Å²) < 4.78 is 23.5. The van der Waals surface area contributed by atoms with Crippen LogP contribution in [0.3, 0.4) is 0 Å². The highest BCUT2D eigenvalue weighted by molar-refractivity contribution is 5.78. The zero-order valence-electron chi connectivity index (χ0n) is 7.13. The highest BCUT2D eigenvalue weighted by atomic mass is 19.3. The average Bonchev–Trinajstić information content (AvgIpc) is 1.98. The molecule has 0 aliphatic rings. The maximum Gasteiger partial charge on any atom is 0.315 e. The van der Waals surface area contributed by atoms with Gasteiger partial charge < -0.3 is 10.0 Å². The molecule has 0 rings (SSSR count). The molecule has 0 bridgehead atoms. The normalized spacial score (nSPS) is 13.2. The van der Waals surface area contributed by atoms with Crippen molar-refractivity contribution >= 4 is 5.91 Å².